The fraction of sp³-hybridized carbons (Fsp3) is 0.300. The predicted molar refractivity (Wildman–Crippen MR) is 105 cm³/mol. The van der Waals surface area contributed by atoms with E-state index in [1.54, 1.807) is 30.2 Å². The molecule has 0 bridgehead atoms. The van der Waals surface area contributed by atoms with E-state index in [1.165, 1.54) is 6.26 Å². The molecule has 1 aromatic carbocycles. The van der Waals surface area contributed by atoms with Gasteiger partial charge in [-0.1, -0.05) is 18.2 Å². The third-order valence-electron chi connectivity index (χ3n) is 4.40. The Balaban J connectivity index is 1.99. The number of likely N-dealkylation sites (tertiary alicyclic amines) is 1. The number of methoxy groups -OCH3 is 1. The van der Waals surface area contributed by atoms with Crippen LogP contribution in [0.2, 0.25) is 0 Å². The summed E-state index contributed by atoms with van der Waals surface area (Å²) in [6.45, 7) is 1.34. The minimum atomic E-state index is -0.479. The Bertz CT molecular complexity index is 839. The molecule has 1 N–H and O–H groups in total. The first-order chi connectivity index (χ1) is 13.1. The molecule has 0 radical (unpaired) electrons. The molecule has 1 aromatic heterocycles. The lowest BCUT2D eigenvalue weighted by Gasteiger charge is -2.28. The van der Waals surface area contributed by atoms with Crippen molar-refractivity contribution in [2.24, 2.45) is 0 Å². The number of rotatable bonds is 5. The lowest BCUT2D eigenvalue weighted by Crippen LogP contribution is -2.41. The molecule has 0 spiro atoms. The summed E-state index contributed by atoms with van der Waals surface area (Å²) in [5, 5.41) is 2.72. The molecule has 6 nitrogen and oxygen atoms in total. The summed E-state index contributed by atoms with van der Waals surface area (Å²) in [7, 11) is 1.56. The molecule has 2 amide bonds. The number of hydrogen-bond acceptors (Lipinski definition) is 4. The second-order valence-corrected chi connectivity index (χ2v) is 6.97. The third kappa shape index (κ3) is 4.42. The maximum atomic E-state index is 13.2. The van der Waals surface area contributed by atoms with Crippen LogP contribution in [0.4, 0.5) is 0 Å². The fourth-order valence-electron chi connectivity index (χ4n) is 3.00. The number of carbonyl (C=O) groups excluding carboxylic acids is 2. The van der Waals surface area contributed by atoms with Gasteiger partial charge < -0.3 is 19.4 Å². The van der Waals surface area contributed by atoms with Crippen LogP contribution in [-0.4, -0.2) is 36.9 Å². The van der Waals surface area contributed by atoms with Gasteiger partial charge in [-0.2, -0.15) is 0 Å². The molecule has 0 unspecified atom stereocenters. The van der Waals surface area contributed by atoms with Gasteiger partial charge in [-0.25, -0.2) is 0 Å². The number of hydrogen-bond donors (Lipinski definition) is 1. The zero-order chi connectivity index (χ0) is 19.2. The molecule has 1 fully saturated rings. The van der Waals surface area contributed by atoms with Crippen LogP contribution in [0.25, 0.3) is 4.48 Å². The van der Waals surface area contributed by atoms with E-state index in [-0.39, 0.29) is 17.4 Å². The highest BCUT2D eigenvalue weighted by molar-refractivity contribution is 9.15. The van der Waals surface area contributed by atoms with Gasteiger partial charge in [0.05, 0.1) is 17.9 Å². The predicted octanol–water partition coefficient (Wildman–Crippen LogP) is 3.79. The van der Waals surface area contributed by atoms with Crippen molar-refractivity contribution >= 4 is 32.2 Å². The number of nitrogens with zero attached hydrogens (tertiary/aromatic N) is 1. The number of piperidine rings is 1. The molecule has 0 aliphatic carbocycles. The van der Waals surface area contributed by atoms with Crippen LogP contribution in [0, 0.1) is 0 Å². The van der Waals surface area contributed by atoms with Crippen molar-refractivity contribution < 1.29 is 18.7 Å². The van der Waals surface area contributed by atoms with Gasteiger partial charge in [0, 0.05) is 18.7 Å². The molecule has 2 aromatic rings. The average Bonchev–Trinajstić information content (AvgIpc) is 3.26. The summed E-state index contributed by atoms with van der Waals surface area (Å²) >= 11 is 3.51. The smallest absolute Gasteiger partial charge is 0.291 e. The molecule has 7 heteroatoms. The van der Waals surface area contributed by atoms with Crippen LogP contribution in [0.3, 0.4) is 0 Å². The van der Waals surface area contributed by atoms with E-state index >= 15 is 0 Å². The molecule has 27 heavy (non-hydrogen) atoms. The molecule has 142 valence electrons. The largest absolute Gasteiger partial charge is 0.496 e. The number of ether oxygens (including phenoxy) is 1. The summed E-state index contributed by atoms with van der Waals surface area (Å²) in [5.74, 6) is 0.0273. The van der Waals surface area contributed by atoms with E-state index in [2.05, 4.69) is 21.2 Å². The summed E-state index contributed by atoms with van der Waals surface area (Å²) < 4.78 is 11.0. The van der Waals surface area contributed by atoms with Gasteiger partial charge in [0.25, 0.3) is 11.8 Å². The number of carbonyl (C=O) groups is 2. The van der Waals surface area contributed by atoms with Gasteiger partial charge in [-0.3, -0.25) is 9.59 Å². The molecule has 2 heterocycles. The van der Waals surface area contributed by atoms with Crippen LogP contribution < -0.4 is 10.1 Å². The Morgan fingerprint density at radius 3 is 2.52 bits per heavy atom. The van der Waals surface area contributed by atoms with E-state index < -0.39 is 5.91 Å². The monoisotopic (exact) mass is 432 g/mol. The number of furan rings is 1. The summed E-state index contributed by atoms with van der Waals surface area (Å²) in [5.41, 5.74) is 0.850. The number of halogens is 1. The highest BCUT2D eigenvalue weighted by Gasteiger charge is 2.26. The zero-order valence-corrected chi connectivity index (χ0v) is 16.6. The summed E-state index contributed by atoms with van der Waals surface area (Å²) in [6, 6.07) is 10.5. The van der Waals surface area contributed by atoms with Gasteiger partial charge in [0.2, 0.25) is 0 Å². The fourth-order valence-corrected chi connectivity index (χ4v) is 3.60. The van der Waals surface area contributed by atoms with E-state index in [1.807, 2.05) is 18.2 Å². The van der Waals surface area contributed by atoms with Crippen LogP contribution in [-0.2, 0) is 4.79 Å². The normalized spacial score (nSPS) is 15.1. The summed E-state index contributed by atoms with van der Waals surface area (Å²) in [4.78, 5) is 27.5. The first-order valence-electron chi connectivity index (χ1n) is 8.79. The van der Waals surface area contributed by atoms with E-state index in [0.29, 0.717) is 28.9 Å². The minimum absolute atomic E-state index is 0.138. The van der Waals surface area contributed by atoms with Crippen LogP contribution in [0.15, 0.2) is 52.8 Å². The number of amides is 2. The van der Waals surface area contributed by atoms with E-state index in [9.17, 15) is 9.59 Å². The number of para-hydroxylation sites is 1. The van der Waals surface area contributed by atoms with Crippen molar-refractivity contribution in [1.82, 2.24) is 10.2 Å². The van der Waals surface area contributed by atoms with Crippen molar-refractivity contribution in [3.8, 4) is 5.75 Å². The number of benzene rings is 1. The third-order valence-corrected chi connectivity index (χ3v) is 5.23. The topological polar surface area (TPSA) is 71.8 Å². The molecule has 0 atom stereocenters. The summed E-state index contributed by atoms with van der Waals surface area (Å²) in [6.07, 6.45) is 4.43. The highest BCUT2D eigenvalue weighted by atomic mass is 79.9. The van der Waals surface area contributed by atoms with Crippen LogP contribution >= 0.6 is 15.9 Å². The van der Waals surface area contributed by atoms with Crippen molar-refractivity contribution in [2.75, 3.05) is 20.2 Å². The lowest BCUT2D eigenvalue weighted by atomic mass is 10.1. The Labute approximate surface area is 166 Å². The molecule has 0 saturated carbocycles. The zero-order valence-electron chi connectivity index (χ0n) is 15.0. The lowest BCUT2D eigenvalue weighted by molar-refractivity contribution is -0.128. The van der Waals surface area contributed by atoms with Gasteiger partial charge in [0.1, 0.15) is 11.4 Å². The van der Waals surface area contributed by atoms with Crippen LogP contribution in [0.5, 0.6) is 5.75 Å². The Morgan fingerprint density at radius 2 is 1.85 bits per heavy atom. The van der Waals surface area contributed by atoms with Gasteiger partial charge >= 0.3 is 0 Å². The first kappa shape index (κ1) is 19.2. The average molecular weight is 433 g/mol. The maximum Gasteiger partial charge on any atom is 0.291 e. The minimum Gasteiger partial charge on any atom is -0.496 e. The molecule has 1 saturated heterocycles. The van der Waals surface area contributed by atoms with Crippen LogP contribution in [0.1, 0.15) is 35.4 Å². The van der Waals surface area contributed by atoms with Crippen molar-refractivity contribution in [3.63, 3.8) is 0 Å². The van der Waals surface area contributed by atoms with E-state index in [4.69, 9.17) is 9.15 Å². The molecular weight excluding hydrogens is 412 g/mol. The van der Waals surface area contributed by atoms with Crippen molar-refractivity contribution in [2.45, 2.75) is 19.3 Å². The SMILES string of the molecule is COc1ccccc1C(Br)=C(NC(=O)c1ccco1)C(=O)N1CCCCC1. The highest BCUT2D eigenvalue weighted by Crippen LogP contribution is 2.33. The Hall–Kier alpha value is -2.54. The van der Waals surface area contributed by atoms with Gasteiger partial charge in [-0.05, 0) is 53.4 Å². The molecule has 3 rings (SSSR count). The standard InChI is InChI=1S/C20H21BrN2O4/c1-26-15-9-4-3-8-14(15)17(21)18(20(25)23-11-5-2-6-12-23)22-19(24)16-10-7-13-27-16/h3-4,7-10,13H,2,5-6,11-12H2,1H3,(H,22,24). The van der Waals surface area contributed by atoms with E-state index in [0.717, 1.165) is 19.3 Å². The maximum absolute atomic E-state index is 13.2. The van der Waals surface area contributed by atoms with Crippen molar-refractivity contribution in [3.05, 3.63) is 59.7 Å². The molecule has 1 aliphatic heterocycles. The number of nitrogens with one attached hydrogen (secondary N) is 1. The Kier molecular flexibility index (Phi) is 6.34. The first-order valence-corrected chi connectivity index (χ1v) is 9.58. The molecule has 1 aliphatic rings. The quantitative estimate of drug-likeness (QED) is 0.729. The van der Waals surface area contributed by atoms with Gasteiger partial charge in [0.15, 0.2) is 5.76 Å². The molecular formula is C20H21BrN2O4. The van der Waals surface area contributed by atoms with Crippen molar-refractivity contribution in [1.29, 1.82) is 0 Å². The second kappa shape index (κ2) is 8.90. The Morgan fingerprint density at radius 1 is 1.11 bits per heavy atom. The van der Waals surface area contributed by atoms with Gasteiger partial charge in [-0.15, -0.1) is 0 Å². The second-order valence-electron chi connectivity index (χ2n) is 6.17.